The Morgan fingerprint density at radius 3 is 2.26 bits per heavy atom. The number of carbonyl (C=O) groups excluding carboxylic acids is 1. The van der Waals surface area contributed by atoms with E-state index in [1.807, 2.05) is 24.3 Å². The van der Waals surface area contributed by atoms with Crippen LogP contribution in [0.1, 0.15) is 39.2 Å². The van der Waals surface area contributed by atoms with Gasteiger partial charge < -0.3 is 10.4 Å². The van der Waals surface area contributed by atoms with Crippen molar-refractivity contribution in [3.63, 3.8) is 0 Å². The number of rotatable bonds is 5. The van der Waals surface area contributed by atoms with Crippen LogP contribution in [-0.4, -0.2) is 17.0 Å². The van der Waals surface area contributed by atoms with E-state index in [0.717, 1.165) is 5.56 Å². The molecule has 2 N–H and O–H groups in total. The molecule has 2 atom stereocenters. The Labute approximate surface area is 113 Å². The molecule has 0 saturated heterocycles. The van der Waals surface area contributed by atoms with Crippen LogP contribution in [0.3, 0.4) is 0 Å². The molecule has 2 unspecified atom stereocenters. The molecule has 0 heterocycles. The molecule has 19 heavy (non-hydrogen) atoms. The van der Waals surface area contributed by atoms with Crippen LogP contribution in [0.5, 0.6) is 0 Å². The number of carboxylic acids is 1. The largest absolute Gasteiger partial charge is 0.481 e. The van der Waals surface area contributed by atoms with Crippen LogP contribution in [0.25, 0.3) is 0 Å². The van der Waals surface area contributed by atoms with Crippen molar-refractivity contribution in [2.45, 2.75) is 33.6 Å². The lowest BCUT2D eigenvalue weighted by molar-refractivity contribution is -0.145. The first-order valence-corrected chi connectivity index (χ1v) is 6.46. The van der Waals surface area contributed by atoms with E-state index in [1.165, 1.54) is 6.92 Å². The van der Waals surface area contributed by atoms with Crippen LogP contribution < -0.4 is 5.32 Å². The molecule has 4 nitrogen and oxygen atoms in total. The molecule has 104 valence electrons. The lowest BCUT2D eigenvalue weighted by Gasteiger charge is -2.16. The van der Waals surface area contributed by atoms with Gasteiger partial charge in [0, 0.05) is 11.6 Å². The Bertz CT molecular complexity index is 468. The minimum atomic E-state index is -0.960. The van der Waals surface area contributed by atoms with Crippen molar-refractivity contribution in [1.82, 2.24) is 0 Å². The minimum Gasteiger partial charge on any atom is -0.481 e. The van der Waals surface area contributed by atoms with Crippen LogP contribution in [0.15, 0.2) is 24.3 Å². The number of nitrogens with one attached hydrogen (secondary N) is 1. The average Bonchev–Trinajstić information content (AvgIpc) is 2.37. The summed E-state index contributed by atoms with van der Waals surface area (Å²) < 4.78 is 0. The average molecular weight is 263 g/mol. The molecule has 1 rings (SSSR count). The van der Waals surface area contributed by atoms with E-state index in [0.29, 0.717) is 11.6 Å². The maximum Gasteiger partial charge on any atom is 0.307 e. The molecule has 0 bridgehead atoms. The van der Waals surface area contributed by atoms with Crippen molar-refractivity contribution in [3.8, 4) is 0 Å². The number of hydrogen-bond donors (Lipinski definition) is 2. The smallest absolute Gasteiger partial charge is 0.307 e. The summed E-state index contributed by atoms with van der Waals surface area (Å²) >= 11 is 0. The fraction of sp³-hybridized carbons (Fsp3) is 0.467. The summed E-state index contributed by atoms with van der Waals surface area (Å²) in [7, 11) is 0. The third-order valence-corrected chi connectivity index (χ3v) is 3.37. The minimum absolute atomic E-state index is 0.268. The molecule has 0 radical (unpaired) electrons. The first-order valence-electron chi connectivity index (χ1n) is 6.46. The van der Waals surface area contributed by atoms with Gasteiger partial charge in [-0.05, 0) is 23.6 Å². The van der Waals surface area contributed by atoms with Crippen LogP contribution in [-0.2, 0) is 9.59 Å². The Morgan fingerprint density at radius 1 is 1.11 bits per heavy atom. The molecule has 0 aromatic heterocycles. The molecule has 0 aliphatic rings. The quantitative estimate of drug-likeness (QED) is 0.857. The van der Waals surface area contributed by atoms with Gasteiger partial charge >= 0.3 is 5.97 Å². The van der Waals surface area contributed by atoms with Gasteiger partial charge in [-0.25, -0.2) is 0 Å². The third-order valence-electron chi connectivity index (χ3n) is 3.37. The molecular weight excluding hydrogens is 242 g/mol. The molecule has 1 aromatic rings. The zero-order chi connectivity index (χ0) is 14.6. The molecule has 0 fully saturated rings. The van der Waals surface area contributed by atoms with Crippen LogP contribution in [0.4, 0.5) is 5.69 Å². The Kier molecular flexibility index (Phi) is 5.10. The van der Waals surface area contributed by atoms with E-state index >= 15 is 0 Å². The number of anilines is 1. The summed E-state index contributed by atoms with van der Waals surface area (Å²) in [5.74, 6) is -2.12. The normalized spacial score (nSPS) is 13.9. The second-order valence-corrected chi connectivity index (χ2v) is 5.19. The number of carboxylic acid groups (broad SMARTS) is 1. The second-order valence-electron chi connectivity index (χ2n) is 5.19. The van der Waals surface area contributed by atoms with Gasteiger partial charge in [0.25, 0.3) is 0 Å². The maximum atomic E-state index is 12.0. The van der Waals surface area contributed by atoms with E-state index in [4.69, 9.17) is 5.11 Å². The molecule has 1 aromatic carbocycles. The summed E-state index contributed by atoms with van der Waals surface area (Å²) in [6.07, 6.45) is 0. The van der Waals surface area contributed by atoms with Gasteiger partial charge in [-0.1, -0.05) is 39.8 Å². The third kappa shape index (κ3) is 4.09. The van der Waals surface area contributed by atoms with Gasteiger partial charge in [-0.2, -0.15) is 0 Å². The van der Waals surface area contributed by atoms with Gasteiger partial charge in [0.15, 0.2) is 0 Å². The number of aliphatic carboxylic acids is 1. The highest BCUT2D eigenvalue weighted by molar-refractivity contribution is 5.94. The van der Waals surface area contributed by atoms with E-state index in [9.17, 15) is 9.59 Å². The lowest BCUT2D eigenvalue weighted by Crippen LogP contribution is -2.29. The first-order chi connectivity index (χ1) is 8.82. The monoisotopic (exact) mass is 263 g/mol. The van der Waals surface area contributed by atoms with Crippen molar-refractivity contribution in [2.75, 3.05) is 5.32 Å². The SMILES string of the molecule is CC(C)c1cccc(NC(=O)C(C)C(C)C(=O)O)c1. The standard InChI is InChI=1S/C15H21NO3/c1-9(2)12-6-5-7-13(8-12)16-14(17)10(3)11(4)15(18)19/h5-11H,1-4H3,(H,16,17)(H,18,19). The Morgan fingerprint density at radius 2 is 1.74 bits per heavy atom. The van der Waals surface area contributed by atoms with Gasteiger partial charge in [0.05, 0.1) is 5.92 Å². The molecular formula is C15H21NO3. The number of carbonyl (C=O) groups is 2. The Hall–Kier alpha value is -1.84. The van der Waals surface area contributed by atoms with Crippen molar-refractivity contribution < 1.29 is 14.7 Å². The van der Waals surface area contributed by atoms with E-state index in [2.05, 4.69) is 19.2 Å². The summed E-state index contributed by atoms with van der Waals surface area (Å²) in [6, 6.07) is 7.61. The van der Waals surface area contributed by atoms with E-state index in [-0.39, 0.29) is 5.91 Å². The van der Waals surface area contributed by atoms with E-state index < -0.39 is 17.8 Å². The molecule has 4 heteroatoms. The van der Waals surface area contributed by atoms with Crippen LogP contribution in [0, 0.1) is 11.8 Å². The van der Waals surface area contributed by atoms with Crippen molar-refractivity contribution >= 4 is 17.6 Å². The fourth-order valence-electron chi connectivity index (χ4n) is 1.67. The molecule has 0 spiro atoms. The topological polar surface area (TPSA) is 66.4 Å². The summed E-state index contributed by atoms with van der Waals surface area (Å²) in [5, 5.41) is 11.7. The second kappa shape index (κ2) is 6.36. The van der Waals surface area contributed by atoms with E-state index in [1.54, 1.807) is 6.92 Å². The highest BCUT2D eigenvalue weighted by Gasteiger charge is 2.25. The summed E-state index contributed by atoms with van der Waals surface area (Å²) in [4.78, 5) is 22.8. The number of benzene rings is 1. The first kappa shape index (κ1) is 15.2. The predicted molar refractivity (Wildman–Crippen MR) is 75.1 cm³/mol. The van der Waals surface area contributed by atoms with Crippen molar-refractivity contribution in [2.24, 2.45) is 11.8 Å². The highest BCUT2D eigenvalue weighted by Crippen LogP contribution is 2.20. The van der Waals surface area contributed by atoms with Crippen LogP contribution in [0.2, 0.25) is 0 Å². The van der Waals surface area contributed by atoms with Gasteiger partial charge in [-0.3, -0.25) is 9.59 Å². The zero-order valence-electron chi connectivity index (χ0n) is 11.8. The highest BCUT2D eigenvalue weighted by atomic mass is 16.4. The van der Waals surface area contributed by atoms with Gasteiger partial charge in [0.2, 0.25) is 5.91 Å². The van der Waals surface area contributed by atoms with Crippen LogP contribution >= 0.6 is 0 Å². The maximum absolute atomic E-state index is 12.0. The molecule has 0 aliphatic heterocycles. The zero-order valence-corrected chi connectivity index (χ0v) is 11.8. The predicted octanol–water partition coefficient (Wildman–Crippen LogP) is 3.11. The molecule has 0 saturated carbocycles. The van der Waals surface area contributed by atoms with Gasteiger partial charge in [-0.15, -0.1) is 0 Å². The number of amides is 1. The van der Waals surface area contributed by atoms with Gasteiger partial charge in [0.1, 0.15) is 0 Å². The van der Waals surface area contributed by atoms with Crippen molar-refractivity contribution in [1.29, 1.82) is 0 Å². The molecule has 1 amide bonds. The summed E-state index contributed by atoms with van der Waals surface area (Å²) in [5.41, 5.74) is 1.84. The number of hydrogen-bond acceptors (Lipinski definition) is 2. The lowest BCUT2D eigenvalue weighted by atomic mass is 9.95. The van der Waals surface area contributed by atoms with Crippen molar-refractivity contribution in [3.05, 3.63) is 29.8 Å². The fourth-order valence-corrected chi connectivity index (χ4v) is 1.67. The Balaban J connectivity index is 2.77. The summed E-state index contributed by atoms with van der Waals surface area (Å²) in [6.45, 7) is 7.32. The molecule has 0 aliphatic carbocycles.